The lowest BCUT2D eigenvalue weighted by Gasteiger charge is -2.43. The van der Waals surface area contributed by atoms with E-state index in [-0.39, 0.29) is 0 Å². The monoisotopic (exact) mass is 305 g/mol. The SMILES string of the molecule is CCC(C)(C)C1CCC(NC)C(Sc2cccc(C)c2)C1. The summed E-state index contributed by atoms with van der Waals surface area (Å²) >= 11 is 2.08. The van der Waals surface area contributed by atoms with Gasteiger partial charge in [0.15, 0.2) is 0 Å². The van der Waals surface area contributed by atoms with E-state index in [0.29, 0.717) is 16.7 Å². The second-order valence-corrected chi connectivity index (χ2v) is 8.53. The molecule has 0 aliphatic heterocycles. The van der Waals surface area contributed by atoms with Gasteiger partial charge in [-0.3, -0.25) is 0 Å². The molecule has 0 spiro atoms. The van der Waals surface area contributed by atoms with E-state index < -0.39 is 0 Å². The van der Waals surface area contributed by atoms with Crippen LogP contribution in [-0.2, 0) is 0 Å². The zero-order chi connectivity index (χ0) is 15.5. The predicted octanol–water partition coefficient (Wildman–Crippen LogP) is 5.28. The fourth-order valence-corrected chi connectivity index (χ4v) is 4.98. The number of hydrogen-bond donors (Lipinski definition) is 1. The summed E-state index contributed by atoms with van der Waals surface area (Å²) in [7, 11) is 2.12. The molecule has 1 fully saturated rings. The van der Waals surface area contributed by atoms with Crippen LogP contribution in [0, 0.1) is 18.3 Å². The van der Waals surface area contributed by atoms with Crippen LogP contribution in [0.1, 0.15) is 52.0 Å². The van der Waals surface area contributed by atoms with Gasteiger partial charge >= 0.3 is 0 Å². The van der Waals surface area contributed by atoms with Gasteiger partial charge in [0.2, 0.25) is 0 Å². The smallest absolute Gasteiger partial charge is 0.0251 e. The molecule has 21 heavy (non-hydrogen) atoms. The molecule has 1 saturated carbocycles. The summed E-state index contributed by atoms with van der Waals surface area (Å²) in [5.41, 5.74) is 1.84. The number of rotatable bonds is 5. The third-order valence-electron chi connectivity index (χ3n) is 5.46. The Morgan fingerprint density at radius 1 is 1.29 bits per heavy atom. The molecule has 0 heterocycles. The lowest BCUT2D eigenvalue weighted by atomic mass is 9.68. The van der Waals surface area contributed by atoms with Gasteiger partial charge in [-0.05, 0) is 56.7 Å². The van der Waals surface area contributed by atoms with Crippen molar-refractivity contribution in [1.29, 1.82) is 0 Å². The lowest BCUT2D eigenvalue weighted by molar-refractivity contribution is 0.142. The van der Waals surface area contributed by atoms with E-state index in [4.69, 9.17) is 0 Å². The van der Waals surface area contributed by atoms with Gasteiger partial charge in [-0.15, -0.1) is 11.8 Å². The maximum Gasteiger partial charge on any atom is 0.0251 e. The molecule has 1 aliphatic carbocycles. The molecule has 0 saturated heterocycles. The molecule has 0 bridgehead atoms. The van der Waals surface area contributed by atoms with Gasteiger partial charge < -0.3 is 5.32 Å². The third kappa shape index (κ3) is 4.26. The topological polar surface area (TPSA) is 12.0 Å². The molecule has 3 atom stereocenters. The van der Waals surface area contributed by atoms with Crippen LogP contribution < -0.4 is 5.32 Å². The van der Waals surface area contributed by atoms with E-state index in [9.17, 15) is 0 Å². The molecule has 0 amide bonds. The van der Waals surface area contributed by atoms with Gasteiger partial charge in [0.1, 0.15) is 0 Å². The molecule has 0 radical (unpaired) electrons. The molecule has 2 rings (SSSR count). The molecule has 1 nitrogen and oxygen atoms in total. The summed E-state index contributed by atoms with van der Waals surface area (Å²) < 4.78 is 0. The summed E-state index contributed by atoms with van der Waals surface area (Å²) in [4.78, 5) is 1.43. The largest absolute Gasteiger partial charge is 0.316 e. The highest BCUT2D eigenvalue weighted by atomic mass is 32.2. The van der Waals surface area contributed by atoms with Gasteiger partial charge in [-0.1, -0.05) is 44.9 Å². The fourth-order valence-electron chi connectivity index (χ4n) is 3.45. The van der Waals surface area contributed by atoms with Gasteiger partial charge in [0.25, 0.3) is 0 Å². The lowest BCUT2D eigenvalue weighted by Crippen LogP contribution is -2.43. The first kappa shape index (κ1) is 16.9. The van der Waals surface area contributed by atoms with Crippen LogP contribution in [0.15, 0.2) is 29.2 Å². The molecule has 118 valence electrons. The quantitative estimate of drug-likeness (QED) is 0.794. The van der Waals surface area contributed by atoms with Crippen molar-refractivity contribution in [2.75, 3.05) is 7.05 Å². The van der Waals surface area contributed by atoms with Gasteiger partial charge in [0.05, 0.1) is 0 Å². The number of nitrogens with one attached hydrogen (secondary N) is 1. The molecular weight excluding hydrogens is 274 g/mol. The first-order valence-electron chi connectivity index (χ1n) is 8.37. The Kier molecular flexibility index (Phi) is 5.79. The van der Waals surface area contributed by atoms with E-state index in [2.05, 4.69) is 76.1 Å². The van der Waals surface area contributed by atoms with Crippen molar-refractivity contribution >= 4 is 11.8 Å². The first-order chi connectivity index (χ1) is 9.96. The summed E-state index contributed by atoms with van der Waals surface area (Å²) in [6, 6.07) is 9.61. The van der Waals surface area contributed by atoms with Crippen molar-refractivity contribution in [2.24, 2.45) is 11.3 Å². The van der Waals surface area contributed by atoms with Crippen molar-refractivity contribution < 1.29 is 0 Å². The minimum Gasteiger partial charge on any atom is -0.316 e. The molecule has 2 heteroatoms. The van der Waals surface area contributed by atoms with Crippen molar-refractivity contribution in [3.05, 3.63) is 29.8 Å². The maximum absolute atomic E-state index is 3.56. The zero-order valence-electron chi connectivity index (χ0n) is 14.3. The van der Waals surface area contributed by atoms with Crippen molar-refractivity contribution in [1.82, 2.24) is 5.32 Å². The normalized spacial score (nSPS) is 26.8. The van der Waals surface area contributed by atoms with E-state index in [1.807, 2.05) is 0 Å². The Morgan fingerprint density at radius 2 is 2.05 bits per heavy atom. The molecule has 1 aliphatic rings. The second-order valence-electron chi connectivity index (χ2n) is 7.22. The summed E-state index contributed by atoms with van der Waals surface area (Å²) in [6.45, 7) is 9.42. The number of hydrogen-bond acceptors (Lipinski definition) is 2. The fraction of sp³-hybridized carbons (Fsp3) is 0.684. The molecule has 3 unspecified atom stereocenters. The minimum absolute atomic E-state index is 0.476. The van der Waals surface area contributed by atoms with Crippen molar-refractivity contribution in [2.45, 2.75) is 69.6 Å². The van der Waals surface area contributed by atoms with E-state index in [0.717, 1.165) is 5.92 Å². The van der Waals surface area contributed by atoms with E-state index in [1.165, 1.54) is 36.1 Å². The number of aryl methyl sites for hydroxylation is 1. The van der Waals surface area contributed by atoms with Crippen LogP contribution in [0.4, 0.5) is 0 Å². The predicted molar refractivity (Wildman–Crippen MR) is 95.1 cm³/mol. The Labute approximate surface area is 135 Å². The first-order valence-corrected chi connectivity index (χ1v) is 9.25. The highest BCUT2D eigenvalue weighted by molar-refractivity contribution is 8.00. The Bertz CT molecular complexity index is 455. The van der Waals surface area contributed by atoms with Crippen LogP contribution in [0.2, 0.25) is 0 Å². The van der Waals surface area contributed by atoms with Crippen LogP contribution in [0.3, 0.4) is 0 Å². The van der Waals surface area contributed by atoms with E-state index >= 15 is 0 Å². The summed E-state index contributed by atoms with van der Waals surface area (Å²) in [5, 5.41) is 4.25. The highest BCUT2D eigenvalue weighted by Crippen LogP contribution is 2.44. The van der Waals surface area contributed by atoms with Crippen LogP contribution >= 0.6 is 11.8 Å². The molecular formula is C19H31NS. The standard InChI is InChI=1S/C19H31NS/c1-6-19(3,4)15-10-11-17(20-5)18(13-15)21-16-9-7-8-14(2)12-16/h7-9,12,15,17-18,20H,6,10-11,13H2,1-5H3. The summed E-state index contributed by atoms with van der Waals surface area (Å²) in [6.07, 6.45) is 5.31. The van der Waals surface area contributed by atoms with Crippen molar-refractivity contribution in [3.8, 4) is 0 Å². The zero-order valence-corrected chi connectivity index (χ0v) is 15.1. The Morgan fingerprint density at radius 3 is 2.67 bits per heavy atom. The van der Waals surface area contributed by atoms with E-state index in [1.54, 1.807) is 0 Å². The molecule has 1 aromatic carbocycles. The Balaban J connectivity index is 2.10. The highest BCUT2D eigenvalue weighted by Gasteiger charge is 2.37. The van der Waals surface area contributed by atoms with Crippen LogP contribution in [0.25, 0.3) is 0 Å². The Hall–Kier alpha value is -0.470. The van der Waals surface area contributed by atoms with Crippen LogP contribution in [0.5, 0.6) is 0 Å². The average molecular weight is 306 g/mol. The second kappa shape index (κ2) is 7.19. The third-order valence-corrected chi connectivity index (χ3v) is 6.81. The van der Waals surface area contributed by atoms with Crippen LogP contribution in [-0.4, -0.2) is 18.3 Å². The summed E-state index contributed by atoms with van der Waals surface area (Å²) in [5.74, 6) is 0.856. The van der Waals surface area contributed by atoms with Crippen molar-refractivity contribution in [3.63, 3.8) is 0 Å². The molecule has 1 aromatic rings. The average Bonchev–Trinajstić information content (AvgIpc) is 2.47. The number of thioether (sulfide) groups is 1. The minimum atomic E-state index is 0.476. The van der Waals surface area contributed by atoms with Gasteiger partial charge in [-0.25, -0.2) is 0 Å². The maximum atomic E-state index is 3.56. The molecule has 1 N–H and O–H groups in total. The molecule has 0 aromatic heterocycles. The van der Waals surface area contributed by atoms with Gasteiger partial charge in [-0.2, -0.15) is 0 Å². The van der Waals surface area contributed by atoms with Gasteiger partial charge in [0, 0.05) is 16.2 Å². The number of benzene rings is 1.